The summed E-state index contributed by atoms with van der Waals surface area (Å²) in [5, 5.41) is 0. The van der Waals surface area contributed by atoms with Gasteiger partial charge in [0.05, 0.1) is 27.7 Å². The molecule has 1 unspecified atom stereocenters. The minimum atomic E-state index is -4.39. The monoisotopic (exact) mass is 893 g/mol. The van der Waals surface area contributed by atoms with Crippen molar-refractivity contribution in [1.82, 2.24) is 0 Å². The Morgan fingerprint density at radius 1 is 0.516 bits per heavy atom. The number of esters is 2. The summed E-state index contributed by atoms with van der Waals surface area (Å²) in [6.07, 6.45) is 54.1. The number of unbranched alkanes of at least 4 members (excludes halogenated alkanes) is 21. The fourth-order valence-electron chi connectivity index (χ4n) is 6.69. The lowest BCUT2D eigenvalue weighted by Gasteiger charge is -2.24. The molecule has 0 aliphatic rings. The zero-order valence-electron chi connectivity index (χ0n) is 40.6. The molecule has 9 nitrogen and oxygen atoms in total. The van der Waals surface area contributed by atoms with E-state index in [2.05, 4.69) is 74.6 Å². The van der Waals surface area contributed by atoms with Crippen LogP contribution in [0.3, 0.4) is 0 Å². The second kappa shape index (κ2) is 43.9. The molecule has 0 fully saturated rings. The number of ether oxygens (including phenoxy) is 2. The number of likely N-dealkylation sites (N-methyl/N-ethyl adjacent to an activating group) is 1. The van der Waals surface area contributed by atoms with Crippen LogP contribution in [0.15, 0.2) is 60.8 Å². The average molecular weight is 893 g/mol. The Labute approximate surface area is 381 Å². The van der Waals surface area contributed by atoms with Crippen molar-refractivity contribution in [3.8, 4) is 0 Å². The molecule has 0 aliphatic carbocycles. The maximum absolute atomic E-state index is 12.7. The fourth-order valence-corrected chi connectivity index (χ4v) is 7.43. The van der Waals surface area contributed by atoms with Crippen LogP contribution >= 0.6 is 7.82 Å². The van der Waals surface area contributed by atoms with Gasteiger partial charge in [0.2, 0.25) is 0 Å². The van der Waals surface area contributed by atoms with E-state index in [1.807, 2.05) is 21.1 Å². The van der Waals surface area contributed by atoms with E-state index in [1.165, 1.54) is 103 Å². The zero-order valence-corrected chi connectivity index (χ0v) is 41.5. The molecule has 0 saturated heterocycles. The molecule has 0 radical (unpaired) electrons. The Morgan fingerprint density at radius 3 is 1.37 bits per heavy atom. The third kappa shape index (κ3) is 47.2. The topological polar surface area (TPSA) is 108 Å². The van der Waals surface area contributed by atoms with E-state index in [1.54, 1.807) is 0 Å². The van der Waals surface area contributed by atoms with E-state index < -0.39 is 32.5 Å². The molecule has 360 valence electrons. The van der Waals surface area contributed by atoms with Gasteiger partial charge in [0, 0.05) is 12.8 Å². The highest BCUT2D eigenvalue weighted by Gasteiger charge is 2.27. The smallest absolute Gasteiger partial charge is 0.462 e. The van der Waals surface area contributed by atoms with E-state index >= 15 is 0 Å². The van der Waals surface area contributed by atoms with E-state index in [0.29, 0.717) is 23.9 Å². The molecule has 0 aromatic carbocycles. The fraction of sp³-hybridized carbons (Fsp3) is 0.769. The van der Waals surface area contributed by atoms with Crippen LogP contribution in [0.2, 0.25) is 0 Å². The Hall–Kier alpha value is -2.29. The maximum atomic E-state index is 12.7. The molecular formula is C52H95NO8P+. The van der Waals surface area contributed by atoms with Gasteiger partial charge in [-0.1, -0.05) is 197 Å². The molecule has 0 bridgehead atoms. The molecule has 0 heterocycles. The van der Waals surface area contributed by atoms with Gasteiger partial charge in [-0.2, -0.15) is 0 Å². The average Bonchev–Trinajstić information content (AvgIpc) is 3.23. The second-order valence-corrected chi connectivity index (χ2v) is 19.3. The number of allylic oxidation sites excluding steroid dienone is 10. The first-order valence-electron chi connectivity index (χ1n) is 25.0. The van der Waals surface area contributed by atoms with Crippen molar-refractivity contribution in [3.63, 3.8) is 0 Å². The molecule has 0 aromatic heterocycles. The van der Waals surface area contributed by atoms with Gasteiger partial charge in [-0.05, 0) is 57.8 Å². The van der Waals surface area contributed by atoms with Gasteiger partial charge < -0.3 is 18.9 Å². The number of quaternary nitrogens is 1. The third-order valence-corrected chi connectivity index (χ3v) is 11.5. The molecule has 1 N–H and O–H groups in total. The Bertz CT molecular complexity index is 1240. The molecule has 0 amide bonds. The lowest BCUT2D eigenvalue weighted by atomic mass is 10.0. The predicted octanol–water partition coefficient (Wildman–Crippen LogP) is 14.8. The highest BCUT2D eigenvalue weighted by atomic mass is 31.2. The van der Waals surface area contributed by atoms with Crippen LogP contribution in [0.5, 0.6) is 0 Å². The van der Waals surface area contributed by atoms with Crippen LogP contribution in [-0.2, 0) is 32.7 Å². The van der Waals surface area contributed by atoms with E-state index in [0.717, 1.165) is 64.2 Å². The van der Waals surface area contributed by atoms with E-state index in [4.69, 9.17) is 18.5 Å². The molecule has 0 saturated carbocycles. The van der Waals surface area contributed by atoms with Crippen LogP contribution in [0.25, 0.3) is 0 Å². The summed E-state index contributed by atoms with van der Waals surface area (Å²) in [4.78, 5) is 35.5. The summed E-state index contributed by atoms with van der Waals surface area (Å²) >= 11 is 0. The Morgan fingerprint density at radius 2 is 0.919 bits per heavy atom. The van der Waals surface area contributed by atoms with E-state index in [-0.39, 0.29) is 26.1 Å². The summed E-state index contributed by atoms with van der Waals surface area (Å²) in [6.45, 7) is 4.29. The number of hydrogen-bond acceptors (Lipinski definition) is 7. The predicted molar refractivity (Wildman–Crippen MR) is 261 cm³/mol. The van der Waals surface area contributed by atoms with Crippen molar-refractivity contribution in [2.24, 2.45) is 0 Å². The van der Waals surface area contributed by atoms with Crippen molar-refractivity contribution in [2.75, 3.05) is 47.5 Å². The Balaban J connectivity index is 4.32. The molecule has 0 rings (SSSR count). The SMILES string of the molecule is CC/C=C\C/C=C\C/C=C\C/C=C\C/C=C\CCCCCC(=O)OC[C@H](COP(=O)(O)OCC[N+](C)(C)C)OC(=O)CCCCCCCCCCCCCCCCCCCCC. The number of carbonyl (C=O) groups excluding carboxylic acids is 2. The molecule has 0 aromatic rings. The standard InChI is InChI=1S/C52H94NO8P/c1-6-8-10-12-14-16-18-20-22-24-26-28-30-32-34-36-38-40-42-44-51(54)58-48-50(49-60-62(56,57)59-47-46-53(3,4)5)61-52(55)45-43-41-39-37-35-33-31-29-27-25-23-21-19-17-15-13-11-9-7-2/h8,10,14,16,20,22,26,28,32,34,50H,6-7,9,11-13,15,17-19,21,23-25,27,29-31,33,35-49H2,1-5H3/p+1/b10-8-,16-14-,22-20-,28-26-,34-32-/t50-/m1/s1. The number of carbonyl (C=O) groups is 2. The van der Waals surface area contributed by atoms with Gasteiger partial charge in [-0.3, -0.25) is 18.6 Å². The third-order valence-electron chi connectivity index (χ3n) is 10.6. The highest BCUT2D eigenvalue weighted by molar-refractivity contribution is 7.47. The molecular weight excluding hydrogens is 798 g/mol. The van der Waals surface area contributed by atoms with Gasteiger partial charge in [0.1, 0.15) is 19.8 Å². The molecule has 0 spiro atoms. The van der Waals surface area contributed by atoms with Gasteiger partial charge in [0.15, 0.2) is 6.10 Å². The zero-order chi connectivity index (χ0) is 45.7. The molecule has 0 aliphatic heterocycles. The number of hydrogen-bond donors (Lipinski definition) is 1. The van der Waals surface area contributed by atoms with E-state index in [9.17, 15) is 19.0 Å². The van der Waals surface area contributed by atoms with Crippen LogP contribution in [0, 0.1) is 0 Å². The highest BCUT2D eigenvalue weighted by Crippen LogP contribution is 2.43. The van der Waals surface area contributed by atoms with Gasteiger partial charge in [-0.25, -0.2) is 4.57 Å². The van der Waals surface area contributed by atoms with Gasteiger partial charge in [0.25, 0.3) is 0 Å². The number of rotatable bonds is 45. The Kier molecular flexibility index (Phi) is 42.3. The van der Waals surface area contributed by atoms with Crippen LogP contribution in [-0.4, -0.2) is 74.9 Å². The summed E-state index contributed by atoms with van der Waals surface area (Å²) in [6, 6.07) is 0. The maximum Gasteiger partial charge on any atom is 0.472 e. The molecule has 2 atom stereocenters. The normalized spacial score (nSPS) is 14.0. The largest absolute Gasteiger partial charge is 0.472 e. The second-order valence-electron chi connectivity index (χ2n) is 17.8. The van der Waals surface area contributed by atoms with Crippen LogP contribution < -0.4 is 0 Å². The van der Waals surface area contributed by atoms with Crippen molar-refractivity contribution >= 4 is 19.8 Å². The number of phosphoric acid groups is 1. The first-order valence-corrected chi connectivity index (χ1v) is 26.5. The quantitative estimate of drug-likeness (QED) is 0.0212. The lowest BCUT2D eigenvalue weighted by molar-refractivity contribution is -0.870. The van der Waals surface area contributed by atoms with Crippen LogP contribution in [0.4, 0.5) is 0 Å². The van der Waals surface area contributed by atoms with Crippen molar-refractivity contribution in [2.45, 2.75) is 213 Å². The molecule has 10 heteroatoms. The lowest BCUT2D eigenvalue weighted by Crippen LogP contribution is -2.37. The summed E-state index contributed by atoms with van der Waals surface area (Å²) in [7, 11) is 1.46. The summed E-state index contributed by atoms with van der Waals surface area (Å²) < 4.78 is 34.4. The summed E-state index contributed by atoms with van der Waals surface area (Å²) in [5.74, 6) is -0.832. The van der Waals surface area contributed by atoms with Crippen LogP contribution in [0.1, 0.15) is 206 Å². The van der Waals surface area contributed by atoms with Gasteiger partial charge >= 0.3 is 19.8 Å². The number of nitrogens with zero attached hydrogens (tertiary/aromatic N) is 1. The van der Waals surface area contributed by atoms with Gasteiger partial charge in [-0.15, -0.1) is 0 Å². The van der Waals surface area contributed by atoms with Crippen molar-refractivity contribution < 1.29 is 42.1 Å². The van der Waals surface area contributed by atoms with Crippen molar-refractivity contribution in [1.29, 1.82) is 0 Å². The first kappa shape index (κ1) is 59.7. The minimum Gasteiger partial charge on any atom is -0.462 e. The minimum absolute atomic E-state index is 0.0250. The van der Waals surface area contributed by atoms with Crippen molar-refractivity contribution in [3.05, 3.63) is 60.8 Å². The summed E-state index contributed by atoms with van der Waals surface area (Å²) in [5.41, 5.74) is 0. The molecule has 62 heavy (non-hydrogen) atoms. The first-order chi connectivity index (χ1) is 30.0. The number of phosphoric ester groups is 1.